The van der Waals surface area contributed by atoms with Gasteiger partial charge < -0.3 is 5.11 Å². The van der Waals surface area contributed by atoms with E-state index in [1.165, 1.54) is 6.07 Å². The van der Waals surface area contributed by atoms with Gasteiger partial charge in [0.05, 0.1) is 6.61 Å². The molecule has 1 nitrogen and oxygen atoms in total. The fraction of sp³-hybridized carbons (Fsp3) is 0.455. The van der Waals surface area contributed by atoms with Gasteiger partial charge >= 0.3 is 0 Å². The van der Waals surface area contributed by atoms with Crippen molar-refractivity contribution in [2.75, 3.05) is 0 Å². The number of alkyl halides is 9. The Labute approximate surface area is 167 Å². The van der Waals surface area contributed by atoms with E-state index in [1.54, 1.807) is 18.2 Å². The van der Waals surface area contributed by atoms with E-state index in [0.717, 1.165) is 0 Å². The Kier molecular flexibility index (Phi) is 6.90. The number of aliphatic hydroxyl groups is 1. The van der Waals surface area contributed by atoms with Crippen LogP contribution in [0.2, 0.25) is 0 Å². The molecule has 0 fully saturated rings. The molecule has 0 heterocycles. The quantitative estimate of drug-likeness (QED) is 0.493. The molecule has 0 saturated carbocycles. The maximum absolute atomic E-state index is 9.36. The topological polar surface area (TPSA) is 20.2 Å². The van der Waals surface area contributed by atoms with Crippen LogP contribution in [0.25, 0.3) is 0 Å². The highest BCUT2D eigenvalue weighted by molar-refractivity contribution is 6.80. The van der Waals surface area contributed by atoms with Crippen LogP contribution in [0.3, 0.4) is 0 Å². The second-order valence-corrected chi connectivity index (χ2v) is 10.3. The molecule has 0 unspecified atom stereocenters. The minimum atomic E-state index is -2.36. The van der Waals surface area contributed by atoms with E-state index in [0.29, 0.717) is 5.56 Å². The van der Waals surface area contributed by atoms with Crippen LogP contribution in [0, 0.1) is 0 Å². The van der Waals surface area contributed by atoms with Crippen molar-refractivity contribution >= 4 is 104 Å². The first-order valence-electron chi connectivity index (χ1n) is 5.20. The van der Waals surface area contributed by atoms with Crippen molar-refractivity contribution in [3.05, 3.63) is 35.4 Å². The first-order chi connectivity index (χ1) is 9.30. The Balaban J connectivity index is 3.47. The molecular formula is C11H7Cl9O. The van der Waals surface area contributed by atoms with Gasteiger partial charge in [0.15, 0.2) is 8.67 Å². The fourth-order valence-electron chi connectivity index (χ4n) is 1.51. The predicted octanol–water partition coefficient (Wildman–Crippen LogP) is 6.53. The summed E-state index contributed by atoms with van der Waals surface area (Å²) in [6, 6.07) is 6.33. The molecule has 0 aliphatic heterocycles. The van der Waals surface area contributed by atoms with Crippen molar-refractivity contribution in [3.63, 3.8) is 0 Å². The lowest BCUT2D eigenvalue weighted by molar-refractivity contribution is 0.280. The van der Waals surface area contributed by atoms with Crippen molar-refractivity contribution in [1.29, 1.82) is 0 Å². The van der Waals surface area contributed by atoms with Crippen LogP contribution in [0.4, 0.5) is 0 Å². The van der Waals surface area contributed by atoms with Gasteiger partial charge in [0.2, 0.25) is 8.13 Å². The molecule has 21 heavy (non-hydrogen) atoms. The van der Waals surface area contributed by atoms with Gasteiger partial charge in [0, 0.05) is 0 Å². The number of rotatable bonds is 4. The molecular weight excluding hydrogens is 467 g/mol. The van der Waals surface area contributed by atoms with Crippen LogP contribution in [0.15, 0.2) is 24.3 Å². The summed E-state index contributed by atoms with van der Waals surface area (Å²) >= 11 is 54.0. The molecule has 0 radical (unpaired) electrons. The second-order valence-electron chi connectivity index (χ2n) is 4.04. The molecule has 0 spiro atoms. The molecule has 0 aliphatic rings. The van der Waals surface area contributed by atoms with Crippen molar-refractivity contribution in [1.82, 2.24) is 0 Å². The number of benzene rings is 1. The number of aliphatic hydroxyl groups excluding tert-OH is 1. The average Bonchev–Trinajstić information content (AvgIpc) is 2.36. The third-order valence-electron chi connectivity index (χ3n) is 2.67. The standard InChI is InChI=1S/C11H7Cl9O/c12-8(13,7-4-2-1-3-6(7)5-21)9(14,15)10(16,17)11(18,19)20/h1-4,21H,5H2. The average molecular weight is 474 g/mol. The van der Waals surface area contributed by atoms with Gasteiger partial charge in [0.25, 0.3) is 0 Å². The van der Waals surface area contributed by atoms with Crippen LogP contribution in [-0.4, -0.2) is 17.6 Å². The van der Waals surface area contributed by atoms with Crippen LogP contribution < -0.4 is 0 Å². The molecule has 0 bridgehead atoms. The van der Waals surface area contributed by atoms with Crippen LogP contribution in [0.1, 0.15) is 11.1 Å². The van der Waals surface area contributed by atoms with Crippen molar-refractivity contribution < 1.29 is 5.11 Å². The van der Waals surface area contributed by atoms with E-state index in [9.17, 15) is 5.11 Å². The van der Waals surface area contributed by atoms with Gasteiger partial charge in [0.1, 0.15) is 0 Å². The van der Waals surface area contributed by atoms with Crippen molar-refractivity contribution in [3.8, 4) is 0 Å². The SMILES string of the molecule is OCc1ccccc1C(Cl)(Cl)C(Cl)(Cl)C(Cl)(Cl)C(Cl)(Cl)Cl. The molecule has 1 aromatic rings. The largest absolute Gasteiger partial charge is 0.392 e. The normalized spacial score (nSPS) is 14.4. The maximum Gasteiger partial charge on any atom is 0.226 e. The number of hydrogen-bond acceptors (Lipinski definition) is 1. The zero-order valence-electron chi connectivity index (χ0n) is 9.87. The van der Waals surface area contributed by atoms with Crippen LogP contribution in [0.5, 0.6) is 0 Å². The van der Waals surface area contributed by atoms with E-state index >= 15 is 0 Å². The molecule has 0 aliphatic carbocycles. The van der Waals surface area contributed by atoms with Gasteiger partial charge in [-0.1, -0.05) is 129 Å². The van der Waals surface area contributed by atoms with Crippen molar-refractivity contribution in [2.24, 2.45) is 0 Å². The number of hydrogen-bond donors (Lipinski definition) is 1. The smallest absolute Gasteiger partial charge is 0.226 e. The number of halogens is 9. The highest BCUT2D eigenvalue weighted by Crippen LogP contribution is 2.65. The molecule has 0 saturated heterocycles. The Bertz CT molecular complexity index is 507. The minimum absolute atomic E-state index is 0.181. The minimum Gasteiger partial charge on any atom is -0.392 e. The fourth-order valence-corrected chi connectivity index (χ4v) is 3.84. The Morgan fingerprint density at radius 2 is 1.24 bits per heavy atom. The van der Waals surface area contributed by atoms with Gasteiger partial charge in [-0.2, -0.15) is 0 Å². The maximum atomic E-state index is 9.36. The lowest BCUT2D eigenvalue weighted by atomic mass is 10.0. The third kappa shape index (κ3) is 3.74. The molecule has 10 heteroatoms. The Morgan fingerprint density at radius 1 is 0.762 bits per heavy atom. The second kappa shape index (κ2) is 6.96. The molecule has 120 valence electrons. The van der Waals surface area contributed by atoms with Gasteiger partial charge in [-0.25, -0.2) is 0 Å². The zero-order chi connectivity index (χ0) is 16.7. The highest BCUT2D eigenvalue weighted by atomic mass is 35.6. The first kappa shape index (κ1) is 20.8. The summed E-state index contributed by atoms with van der Waals surface area (Å²) in [5.41, 5.74) is 0.544. The molecule has 0 amide bonds. The van der Waals surface area contributed by atoms with Crippen molar-refractivity contribution in [2.45, 2.75) is 23.4 Å². The van der Waals surface area contributed by atoms with E-state index in [4.69, 9.17) is 104 Å². The summed E-state index contributed by atoms with van der Waals surface area (Å²) in [6.45, 7) is -0.368. The third-order valence-corrected chi connectivity index (χ3v) is 8.12. The predicted molar refractivity (Wildman–Crippen MR) is 94.9 cm³/mol. The van der Waals surface area contributed by atoms with Crippen LogP contribution >= 0.6 is 104 Å². The summed E-state index contributed by atoms with van der Waals surface area (Å²) < 4.78 is -9.06. The zero-order valence-corrected chi connectivity index (χ0v) is 16.7. The monoisotopic (exact) mass is 470 g/mol. The lowest BCUT2D eigenvalue weighted by Crippen LogP contribution is -2.55. The molecule has 1 N–H and O–H groups in total. The Morgan fingerprint density at radius 3 is 1.67 bits per heavy atom. The summed E-state index contributed by atoms with van der Waals surface area (Å²) in [7, 11) is 0. The van der Waals surface area contributed by atoms with E-state index < -0.39 is 16.8 Å². The Hall–Kier alpha value is 1.79. The molecule has 1 rings (SSSR count). The molecule has 0 aromatic heterocycles. The van der Waals surface area contributed by atoms with Gasteiger partial charge in [-0.3, -0.25) is 0 Å². The summed E-state index contributed by atoms with van der Waals surface area (Å²) in [4.78, 5) is 0. The summed E-state index contributed by atoms with van der Waals surface area (Å²) in [5.74, 6) is 0. The van der Waals surface area contributed by atoms with Crippen LogP contribution in [-0.2, 0) is 10.9 Å². The first-order valence-corrected chi connectivity index (χ1v) is 8.60. The van der Waals surface area contributed by atoms with Gasteiger partial charge in [-0.05, 0) is 11.1 Å². The summed E-state index contributed by atoms with van der Waals surface area (Å²) in [6.07, 6.45) is 0. The van der Waals surface area contributed by atoms with E-state index in [-0.39, 0.29) is 12.2 Å². The van der Waals surface area contributed by atoms with Gasteiger partial charge in [-0.15, -0.1) is 0 Å². The van der Waals surface area contributed by atoms with E-state index in [1.807, 2.05) is 0 Å². The highest BCUT2D eigenvalue weighted by Gasteiger charge is 2.68. The van der Waals surface area contributed by atoms with E-state index in [2.05, 4.69) is 0 Å². The molecule has 0 atom stereocenters. The molecule has 1 aromatic carbocycles. The summed E-state index contributed by atoms with van der Waals surface area (Å²) in [5, 5.41) is 9.36. The lowest BCUT2D eigenvalue weighted by Gasteiger charge is -2.44.